The number of hydrogen-bond donors (Lipinski definition) is 0. The molecule has 0 bridgehead atoms. The zero-order valence-corrected chi connectivity index (χ0v) is 40.9. The second-order valence-corrected chi connectivity index (χ2v) is 21.2. The van der Waals surface area contributed by atoms with E-state index >= 15 is 0 Å². The van der Waals surface area contributed by atoms with Gasteiger partial charge in [0.1, 0.15) is 0 Å². The molecule has 11 rings (SSSR count). The van der Waals surface area contributed by atoms with Crippen molar-refractivity contribution in [1.29, 1.82) is 0 Å². The average molecular weight is 893 g/mol. The highest BCUT2D eigenvalue weighted by Crippen LogP contribution is 2.53. The summed E-state index contributed by atoms with van der Waals surface area (Å²) < 4.78 is 0. The monoisotopic (exact) mass is 892 g/mol. The van der Waals surface area contributed by atoms with Crippen LogP contribution in [0.25, 0.3) is 43.4 Å². The zero-order valence-electron chi connectivity index (χ0n) is 40.9. The first kappa shape index (κ1) is 43.9. The minimum Gasteiger partial charge on any atom is -0.310 e. The number of allylic oxidation sites excluding steroid dienone is 8. The maximum Gasteiger partial charge on any atom is 0.0468 e. The van der Waals surface area contributed by atoms with E-state index in [1.807, 2.05) is 0 Å². The lowest BCUT2D eigenvalue weighted by Crippen LogP contribution is -2.33. The van der Waals surface area contributed by atoms with E-state index in [0.717, 1.165) is 34.1 Å². The van der Waals surface area contributed by atoms with Crippen molar-refractivity contribution in [2.24, 2.45) is 5.92 Å². The van der Waals surface area contributed by atoms with E-state index in [2.05, 4.69) is 289 Å². The van der Waals surface area contributed by atoms with Gasteiger partial charge in [0.2, 0.25) is 0 Å². The molecule has 0 spiro atoms. The van der Waals surface area contributed by atoms with Gasteiger partial charge in [0.25, 0.3) is 0 Å². The first-order valence-corrected chi connectivity index (χ1v) is 24.5. The molecule has 9 aromatic carbocycles. The number of benzene rings is 9. The quantitative estimate of drug-likeness (QED) is 0.140. The van der Waals surface area contributed by atoms with Gasteiger partial charge in [-0.25, -0.2) is 0 Å². The summed E-state index contributed by atoms with van der Waals surface area (Å²) >= 11 is 0. The lowest BCUT2D eigenvalue weighted by atomic mass is 9.63. The van der Waals surface area contributed by atoms with Gasteiger partial charge in [-0.1, -0.05) is 206 Å². The molecule has 2 heteroatoms. The molecule has 0 aromatic heterocycles. The molecule has 0 saturated carbocycles. The summed E-state index contributed by atoms with van der Waals surface area (Å²) in [5.74, 6) is 0.142. The molecule has 338 valence electrons. The molecule has 0 amide bonds. The highest BCUT2D eigenvalue weighted by molar-refractivity contribution is 6.20. The maximum atomic E-state index is 2.49. The predicted molar refractivity (Wildman–Crippen MR) is 298 cm³/mol. The number of rotatable bonds is 8. The SMILES string of the molecule is CC(C)(C)c1ccc(N(c2ccccc2)c2ccc3c(C4(C)C=CC=C5C=CC=CC54)c4cc(N(c5ccccc5)c5ccc(C(C)(C)C)cc5)ccc4c(-c4cccc5ccccc45)c3c2)cc1. The van der Waals surface area contributed by atoms with Crippen LogP contribution in [0, 0.1) is 5.92 Å². The molecule has 2 atom stereocenters. The molecule has 0 saturated heterocycles. The summed E-state index contributed by atoms with van der Waals surface area (Å²) in [5.41, 5.74) is 14.1. The minimum absolute atomic E-state index is 0.0425. The lowest BCUT2D eigenvalue weighted by molar-refractivity contribution is 0.489. The minimum atomic E-state index is -0.396. The number of nitrogens with zero attached hydrogens (tertiary/aromatic N) is 2. The summed E-state index contributed by atoms with van der Waals surface area (Å²) in [6, 6.07) is 70.2. The molecule has 2 aliphatic carbocycles. The summed E-state index contributed by atoms with van der Waals surface area (Å²) in [6.45, 7) is 16.2. The standard InChI is InChI=1S/C67H60N2/c1-65(2,3)48-31-35-52(36-32-48)68(50-24-10-8-11-25-50)54-40-42-59-60(44-54)63(57-29-18-22-46-20-14-16-28-56(46)57)58-41-39-55(45-61(58)64(59)67(7)43-19-23-47-21-15-17-30-62(47)67)69(51-26-12-9-13-27-51)53-37-33-49(34-38-53)66(4,5)6/h8-45,62H,1-7H3. The van der Waals surface area contributed by atoms with E-state index in [-0.39, 0.29) is 16.7 Å². The van der Waals surface area contributed by atoms with Crippen molar-refractivity contribution in [2.75, 3.05) is 9.80 Å². The molecule has 2 aliphatic rings. The van der Waals surface area contributed by atoms with E-state index in [9.17, 15) is 0 Å². The Morgan fingerprint density at radius 3 is 1.52 bits per heavy atom. The van der Waals surface area contributed by atoms with Gasteiger partial charge in [0.15, 0.2) is 0 Å². The Morgan fingerprint density at radius 2 is 0.928 bits per heavy atom. The van der Waals surface area contributed by atoms with Crippen LogP contribution in [0.2, 0.25) is 0 Å². The van der Waals surface area contributed by atoms with E-state index in [4.69, 9.17) is 0 Å². The smallest absolute Gasteiger partial charge is 0.0468 e. The first-order chi connectivity index (χ1) is 33.4. The van der Waals surface area contributed by atoms with E-state index in [1.54, 1.807) is 0 Å². The van der Waals surface area contributed by atoms with Crippen molar-refractivity contribution in [3.05, 3.63) is 253 Å². The topological polar surface area (TPSA) is 6.48 Å². The summed E-state index contributed by atoms with van der Waals surface area (Å²) in [5, 5.41) is 7.42. The van der Waals surface area contributed by atoms with Gasteiger partial charge in [0, 0.05) is 45.5 Å². The van der Waals surface area contributed by atoms with Gasteiger partial charge in [-0.3, -0.25) is 0 Å². The van der Waals surface area contributed by atoms with Crippen molar-refractivity contribution in [3.8, 4) is 11.1 Å². The molecule has 0 aliphatic heterocycles. The van der Waals surface area contributed by atoms with Gasteiger partial charge in [-0.05, 0) is 149 Å². The van der Waals surface area contributed by atoms with Crippen molar-refractivity contribution >= 4 is 66.4 Å². The van der Waals surface area contributed by atoms with Crippen LogP contribution in [-0.2, 0) is 16.2 Å². The second kappa shape index (κ2) is 17.1. The van der Waals surface area contributed by atoms with Gasteiger partial charge >= 0.3 is 0 Å². The molecule has 2 unspecified atom stereocenters. The Balaban J connectivity index is 1.25. The Kier molecular flexibility index (Phi) is 10.9. The van der Waals surface area contributed by atoms with Gasteiger partial charge < -0.3 is 9.80 Å². The second-order valence-electron chi connectivity index (χ2n) is 21.2. The molecule has 0 N–H and O–H groups in total. The highest BCUT2D eigenvalue weighted by atomic mass is 15.1. The third kappa shape index (κ3) is 7.88. The highest BCUT2D eigenvalue weighted by Gasteiger charge is 2.39. The van der Waals surface area contributed by atoms with Crippen molar-refractivity contribution in [1.82, 2.24) is 0 Å². The Bertz CT molecular complexity index is 3500. The number of fused-ring (bicyclic) bond motifs is 4. The van der Waals surface area contributed by atoms with Gasteiger partial charge in [-0.2, -0.15) is 0 Å². The van der Waals surface area contributed by atoms with Crippen LogP contribution in [0.5, 0.6) is 0 Å². The molecular formula is C67H60N2. The zero-order chi connectivity index (χ0) is 47.5. The Morgan fingerprint density at radius 1 is 0.420 bits per heavy atom. The van der Waals surface area contributed by atoms with E-state index in [0.29, 0.717) is 0 Å². The number of anilines is 6. The Labute approximate surface area is 408 Å². The van der Waals surface area contributed by atoms with Crippen molar-refractivity contribution in [3.63, 3.8) is 0 Å². The normalized spacial score (nSPS) is 16.7. The van der Waals surface area contributed by atoms with Gasteiger partial charge in [0.05, 0.1) is 0 Å². The largest absolute Gasteiger partial charge is 0.310 e. The summed E-state index contributed by atoms with van der Waals surface area (Å²) in [4.78, 5) is 4.85. The fraction of sp³-hybridized carbons (Fsp3) is 0.164. The molecule has 0 heterocycles. The summed E-state index contributed by atoms with van der Waals surface area (Å²) in [7, 11) is 0. The molecule has 0 fully saturated rings. The van der Waals surface area contributed by atoms with Crippen molar-refractivity contribution < 1.29 is 0 Å². The van der Waals surface area contributed by atoms with Crippen LogP contribution in [0.3, 0.4) is 0 Å². The molecule has 69 heavy (non-hydrogen) atoms. The first-order valence-electron chi connectivity index (χ1n) is 24.5. The van der Waals surface area contributed by atoms with Crippen LogP contribution in [0.15, 0.2) is 236 Å². The van der Waals surface area contributed by atoms with Crippen LogP contribution in [0.1, 0.15) is 65.2 Å². The van der Waals surface area contributed by atoms with Crippen LogP contribution in [0.4, 0.5) is 34.1 Å². The van der Waals surface area contributed by atoms with Gasteiger partial charge in [-0.15, -0.1) is 0 Å². The summed E-state index contributed by atoms with van der Waals surface area (Å²) in [6.07, 6.45) is 16.2. The van der Waals surface area contributed by atoms with Crippen LogP contribution in [-0.4, -0.2) is 0 Å². The molecule has 9 aromatic rings. The maximum absolute atomic E-state index is 2.49. The fourth-order valence-corrected chi connectivity index (χ4v) is 11.0. The fourth-order valence-electron chi connectivity index (χ4n) is 11.0. The number of para-hydroxylation sites is 2. The third-order valence-electron chi connectivity index (χ3n) is 14.6. The van der Waals surface area contributed by atoms with E-state index in [1.165, 1.54) is 65.7 Å². The van der Waals surface area contributed by atoms with Crippen molar-refractivity contribution in [2.45, 2.75) is 64.7 Å². The molecular weight excluding hydrogens is 833 g/mol. The van der Waals surface area contributed by atoms with E-state index < -0.39 is 5.41 Å². The third-order valence-corrected chi connectivity index (χ3v) is 14.6. The Hall–Kier alpha value is -7.68. The lowest BCUT2D eigenvalue weighted by Gasteiger charge is -2.40. The molecule has 2 nitrogen and oxygen atoms in total. The number of hydrogen-bond acceptors (Lipinski definition) is 2. The average Bonchev–Trinajstić information content (AvgIpc) is 3.36. The van der Waals surface area contributed by atoms with Crippen LogP contribution >= 0.6 is 0 Å². The van der Waals surface area contributed by atoms with Crippen LogP contribution < -0.4 is 9.80 Å². The predicted octanol–water partition coefficient (Wildman–Crippen LogP) is 18.8. The molecule has 0 radical (unpaired) electrons.